The van der Waals surface area contributed by atoms with Crippen LogP contribution in [0, 0.1) is 17.2 Å². The lowest BCUT2D eigenvalue weighted by atomic mass is 9.95. The summed E-state index contributed by atoms with van der Waals surface area (Å²) in [6.07, 6.45) is -0.0347. The number of carbonyl (C=O) groups excluding carboxylic acids is 1. The van der Waals surface area contributed by atoms with Crippen molar-refractivity contribution in [2.45, 2.75) is 26.5 Å². The zero-order chi connectivity index (χ0) is 25.2. The number of nitrogens with zero attached hydrogens (tertiary/aromatic N) is 4. The molecular formula is C28H27N5O3. The number of benzene rings is 3. The monoisotopic (exact) mass is 481 g/mol. The van der Waals surface area contributed by atoms with Crippen LogP contribution < -0.4 is 10.1 Å². The van der Waals surface area contributed by atoms with Gasteiger partial charge in [-0.25, -0.2) is 0 Å². The van der Waals surface area contributed by atoms with Crippen LogP contribution in [-0.4, -0.2) is 47.2 Å². The Balaban J connectivity index is 1.42. The lowest BCUT2D eigenvalue weighted by molar-refractivity contribution is -0.129. The van der Waals surface area contributed by atoms with Crippen LogP contribution in [0.3, 0.4) is 0 Å². The minimum Gasteiger partial charge on any atom is -0.490 e. The Labute approximate surface area is 209 Å². The largest absolute Gasteiger partial charge is 0.490 e. The molecule has 0 bridgehead atoms. The van der Waals surface area contributed by atoms with Crippen molar-refractivity contribution in [2.75, 3.05) is 20.1 Å². The molecule has 0 aliphatic carbocycles. The maximum absolute atomic E-state index is 11.8. The molecule has 8 nitrogen and oxygen atoms in total. The summed E-state index contributed by atoms with van der Waals surface area (Å²) in [6.45, 7) is 6.12. The van der Waals surface area contributed by atoms with E-state index < -0.39 is 0 Å². The summed E-state index contributed by atoms with van der Waals surface area (Å²) in [5, 5.41) is 18.7. The summed E-state index contributed by atoms with van der Waals surface area (Å²) >= 11 is 0. The number of nitriles is 1. The van der Waals surface area contributed by atoms with Crippen LogP contribution in [0.5, 0.6) is 5.75 Å². The first-order valence-electron chi connectivity index (χ1n) is 12.0. The number of ether oxygens (including phenoxy) is 1. The third-order valence-electron chi connectivity index (χ3n) is 6.36. The Kier molecular flexibility index (Phi) is 6.40. The molecule has 3 aromatic carbocycles. The zero-order valence-electron chi connectivity index (χ0n) is 20.5. The van der Waals surface area contributed by atoms with Gasteiger partial charge in [0.05, 0.1) is 17.6 Å². The highest BCUT2D eigenvalue weighted by Crippen LogP contribution is 2.33. The van der Waals surface area contributed by atoms with Crippen molar-refractivity contribution < 1.29 is 14.1 Å². The van der Waals surface area contributed by atoms with Crippen molar-refractivity contribution >= 4 is 16.7 Å². The molecule has 0 spiro atoms. The Morgan fingerprint density at radius 2 is 1.97 bits per heavy atom. The standard InChI is InChI=1S/C28H27N5O3/c1-17(2)35-25-11-9-18(12-20(25)13-29)28-31-26(32-36-28)24-10-8-19(22-6-4-5-7-23(22)24)14-33-15-21(16-33)27(34)30-3/h4-12,17,21H,14-16H2,1-3H3,(H,30,34). The number of fused-ring (bicyclic) bond motifs is 1. The number of likely N-dealkylation sites (tertiary alicyclic amines) is 1. The fourth-order valence-corrected chi connectivity index (χ4v) is 4.56. The Hall–Kier alpha value is -4.22. The van der Waals surface area contributed by atoms with E-state index >= 15 is 0 Å². The molecule has 1 aromatic heterocycles. The van der Waals surface area contributed by atoms with Crippen molar-refractivity contribution in [1.29, 1.82) is 5.26 Å². The quantitative estimate of drug-likeness (QED) is 0.417. The van der Waals surface area contributed by atoms with Crippen molar-refractivity contribution in [3.63, 3.8) is 0 Å². The summed E-state index contributed by atoms with van der Waals surface area (Å²) in [6, 6.07) is 19.7. The smallest absolute Gasteiger partial charge is 0.258 e. The molecule has 1 saturated heterocycles. The average molecular weight is 482 g/mol. The lowest BCUT2D eigenvalue weighted by Crippen LogP contribution is -2.52. The molecule has 8 heteroatoms. The van der Waals surface area contributed by atoms with Gasteiger partial charge in [-0.1, -0.05) is 41.6 Å². The number of amides is 1. The topological polar surface area (TPSA) is 104 Å². The van der Waals surface area contributed by atoms with E-state index in [0.29, 0.717) is 28.6 Å². The first-order chi connectivity index (χ1) is 17.5. The van der Waals surface area contributed by atoms with Crippen LogP contribution in [0.15, 0.2) is 59.1 Å². The molecule has 182 valence electrons. The lowest BCUT2D eigenvalue weighted by Gasteiger charge is -2.38. The maximum Gasteiger partial charge on any atom is 0.258 e. The molecule has 5 rings (SSSR count). The molecule has 1 fully saturated rings. The number of rotatable bonds is 7. The minimum absolute atomic E-state index is 0.0347. The highest BCUT2D eigenvalue weighted by Gasteiger charge is 2.32. The third kappa shape index (κ3) is 4.53. The molecule has 1 amide bonds. The number of carbonyl (C=O) groups is 1. The van der Waals surface area contributed by atoms with E-state index in [1.807, 2.05) is 38.1 Å². The molecule has 36 heavy (non-hydrogen) atoms. The van der Waals surface area contributed by atoms with E-state index in [1.165, 1.54) is 5.56 Å². The minimum atomic E-state index is -0.0347. The summed E-state index contributed by atoms with van der Waals surface area (Å²) in [7, 11) is 1.68. The summed E-state index contributed by atoms with van der Waals surface area (Å²) in [4.78, 5) is 18.7. The van der Waals surface area contributed by atoms with Crippen LogP contribution in [0.25, 0.3) is 33.6 Å². The molecule has 4 aromatic rings. The second-order valence-corrected chi connectivity index (χ2v) is 9.24. The molecule has 2 heterocycles. The van der Waals surface area contributed by atoms with E-state index in [2.05, 4.69) is 44.6 Å². The van der Waals surface area contributed by atoms with E-state index in [1.54, 1.807) is 19.2 Å². The van der Waals surface area contributed by atoms with Gasteiger partial charge in [-0.2, -0.15) is 10.2 Å². The fraction of sp³-hybridized carbons (Fsp3) is 0.286. The van der Waals surface area contributed by atoms with Crippen LogP contribution >= 0.6 is 0 Å². The molecule has 0 unspecified atom stereocenters. The maximum atomic E-state index is 11.8. The van der Waals surface area contributed by atoms with Gasteiger partial charge >= 0.3 is 0 Å². The Morgan fingerprint density at radius 1 is 1.19 bits per heavy atom. The normalized spacial score (nSPS) is 14.0. The second-order valence-electron chi connectivity index (χ2n) is 9.24. The Morgan fingerprint density at radius 3 is 2.69 bits per heavy atom. The molecule has 1 aliphatic rings. The van der Waals surface area contributed by atoms with Gasteiger partial charge in [-0.3, -0.25) is 9.69 Å². The Bertz CT molecular complexity index is 1460. The molecule has 0 saturated carbocycles. The van der Waals surface area contributed by atoms with Crippen LogP contribution in [0.1, 0.15) is 25.0 Å². The number of hydrogen-bond acceptors (Lipinski definition) is 7. The van der Waals surface area contributed by atoms with Crippen molar-refractivity contribution in [3.8, 4) is 34.7 Å². The third-order valence-corrected chi connectivity index (χ3v) is 6.36. The van der Waals surface area contributed by atoms with Gasteiger partial charge in [-0.05, 0) is 48.4 Å². The summed E-state index contributed by atoms with van der Waals surface area (Å²) in [5.41, 5.74) is 3.13. The van der Waals surface area contributed by atoms with Gasteiger partial charge in [0.1, 0.15) is 11.8 Å². The molecular weight excluding hydrogens is 454 g/mol. The summed E-state index contributed by atoms with van der Waals surface area (Å²) < 4.78 is 11.3. The number of aromatic nitrogens is 2. The first kappa shape index (κ1) is 23.5. The predicted octanol–water partition coefficient (Wildman–Crippen LogP) is 4.39. The van der Waals surface area contributed by atoms with Gasteiger partial charge in [-0.15, -0.1) is 0 Å². The van der Waals surface area contributed by atoms with E-state index in [0.717, 1.165) is 36.0 Å². The predicted molar refractivity (Wildman–Crippen MR) is 136 cm³/mol. The molecule has 0 atom stereocenters. The van der Waals surface area contributed by atoms with Gasteiger partial charge in [0.25, 0.3) is 5.89 Å². The van der Waals surface area contributed by atoms with Crippen molar-refractivity contribution in [3.05, 3.63) is 65.7 Å². The van der Waals surface area contributed by atoms with Crippen molar-refractivity contribution in [2.24, 2.45) is 5.92 Å². The van der Waals surface area contributed by atoms with Gasteiger partial charge in [0.2, 0.25) is 11.7 Å². The number of nitrogens with one attached hydrogen (secondary N) is 1. The van der Waals surface area contributed by atoms with Gasteiger partial charge in [0.15, 0.2) is 0 Å². The van der Waals surface area contributed by atoms with Crippen LogP contribution in [-0.2, 0) is 11.3 Å². The van der Waals surface area contributed by atoms with Gasteiger partial charge in [0, 0.05) is 37.8 Å². The molecule has 1 N–H and O–H groups in total. The molecule has 0 radical (unpaired) electrons. The number of hydrogen-bond donors (Lipinski definition) is 1. The average Bonchev–Trinajstić information content (AvgIpc) is 3.35. The second kappa shape index (κ2) is 9.80. The van der Waals surface area contributed by atoms with E-state index in [9.17, 15) is 10.1 Å². The SMILES string of the molecule is CNC(=O)C1CN(Cc2ccc(-c3noc(-c4ccc(OC(C)C)c(C#N)c4)n3)c3ccccc23)C1. The van der Waals surface area contributed by atoms with Crippen LogP contribution in [0.4, 0.5) is 0 Å². The first-order valence-corrected chi connectivity index (χ1v) is 12.0. The van der Waals surface area contributed by atoms with Gasteiger partial charge < -0.3 is 14.6 Å². The zero-order valence-corrected chi connectivity index (χ0v) is 20.5. The van der Waals surface area contributed by atoms with E-state index in [4.69, 9.17) is 9.26 Å². The van der Waals surface area contributed by atoms with Crippen LogP contribution in [0.2, 0.25) is 0 Å². The van der Waals surface area contributed by atoms with E-state index in [-0.39, 0.29) is 17.9 Å². The van der Waals surface area contributed by atoms with Crippen molar-refractivity contribution in [1.82, 2.24) is 20.4 Å². The summed E-state index contributed by atoms with van der Waals surface area (Å²) in [5.74, 6) is 1.51. The highest BCUT2D eigenvalue weighted by molar-refractivity contribution is 5.97. The molecule has 1 aliphatic heterocycles. The highest BCUT2D eigenvalue weighted by atomic mass is 16.5. The fourth-order valence-electron chi connectivity index (χ4n) is 4.56.